The van der Waals surface area contributed by atoms with Crippen LogP contribution in [0.2, 0.25) is 0 Å². The molecule has 0 bridgehead atoms. The normalized spacial score (nSPS) is 27.6. The number of nitrogens with zero attached hydrogens (tertiary/aromatic N) is 2. The van der Waals surface area contributed by atoms with E-state index in [0.717, 1.165) is 19.6 Å². The zero-order valence-electron chi connectivity index (χ0n) is 10.3. The Labute approximate surface area is 98.4 Å². The summed E-state index contributed by atoms with van der Waals surface area (Å²) in [6, 6.07) is 0. The Morgan fingerprint density at radius 1 is 1.27 bits per heavy atom. The largest absolute Gasteiger partial charge is 0.329 e. The number of rotatable bonds is 5. The van der Waals surface area contributed by atoms with Gasteiger partial charge in [-0.05, 0) is 39.7 Å². The molecule has 1 fully saturated rings. The van der Waals surface area contributed by atoms with E-state index >= 15 is 0 Å². The molecule has 0 aromatic heterocycles. The van der Waals surface area contributed by atoms with Gasteiger partial charge in [0.25, 0.3) is 0 Å². The van der Waals surface area contributed by atoms with Crippen LogP contribution >= 0.6 is 11.8 Å². The lowest BCUT2D eigenvalue weighted by Crippen LogP contribution is -2.56. The molecule has 0 amide bonds. The van der Waals surface area contributed by atoms with E-state index in [1.54, 1.807) is 0 Å². The van der Waals surface area contributed by atoms with Gasteiger partial charge in [-0.2, -0.15) is 11.8 Å². The third kappa shape index (κ3) is 3.63. The molecule has 1 saturated heterocycles. The molecule has 2 N–H and O–H groups in total. The lowest BCUT2D eigenvalue weighted by Gasteiger charge is -2.44. The van der Waals surface area contributed by atoms with Gasteiger partial charge in [0, 0.05) is 30.9 Å². The summed E-state index contributed by atoms with van der Waals surface area (Å²) >= 11 is 2.05. The van der Waals surface area contributed by atoms with Crippen LogP contribution < -0.4 is 5.73 Å². The minimum Gasteiger partial charge on any atom is -0.329 e. The Kier molecular flexibility index (Phi) is 5.39. The van der Waals surface area contributed by atoms with Crippen LogP contribution in [0.4, 0.5) is 0 Å². The van der Waals surface area contributed by atoms with Crippen molar-refractivity contribution in [2.75, 3.05) is 52.3 Å². The minimum absolute atomic E-state index is 0.263. The first kappa shape index (κ1) is 13.3. The van der Waals surface area contributed by atoms with E-state index in [-0.39, 0.29) is 5.54 Å². The van der Waals surface area contributed by atoms with Gasteiger partial charge in [-0.1, -0.05) is 0 Å². The lowest BCUT2D eigenvalue weighted by atomic mass is 9.93. The fraction of sp³-hybridized carbons (Fsp3) is 1.00. The predicted octanol–water partition coefficient (Wildman–Crippen LogP) is 0.704. The van der Waals surface area contributed by atoms with Crippen molar-refractivity contribution in [3.8, 4) is 0 Å². The molecule has 15 heavy (non-hydrogen) atoms. The maximum absolute atomic E-state index is 5.98. The first-order valence-electron chi connectivity index (χ1n) is 5.74. The van der Waals surface area contributed by atoms with Crippen molar-refractivity contribution < 1.29 is 0 Å². The van der Waals surface area contributed by atoms with Gasteiger partial charge >= 0.3 is 0 Å². The number of hydrogen-bond donors (Lipinski definition) is 1. The van der Waals surface area contributed by atoms with Gasteiger partial charge < -0.3 is 10.6 Å². The molecular formula is C11H25N3S. The van der Waals surface area contributed by atoms with Crippen LogP contribution in [0.15, 0.2) is 0 Å². The van der Waals surface area contributed by atoms with Crippen LogP contribution in [0.1, 0.15) is 12.8 Å². The Bertz CT molecular complexity index is 179. The predicted molar refractivity (Wildman–Crippen MR) is 69.5 cm³/mol. The third-order valence-corrected chi connectivity index (χ3v) is 4.69. The number of thioether (sulfide) groups is 1. The summed E-state index contributed by atoms with van der Waals surface area (Å²) in [5.41, 5.74) is 6.24. The maximum atomic E-state index is 5.98. The maximum Gasteiger partial charge on any atom is 0.0419 e. The van der Waals surface area contributed by atoms with Crippen LogP contribution in [0, 0.1) is 0 Å². The molecule has 1 aliphatic rings. The smallest absolute Gasteiger partial charge is 0.0419 e. The van der Waals surface area contributed by atoms with E-state index in [0.29, 0.717) is 0 Å². The molecular weight excluding hydrogens is 206 g/mol. The van der Waals surface area contributed by atoms with Gasteiger partial charge in [0.05, 0.1) is 0 Å². The van der Waals surface area contributed by atoms with E-state index in [1.165, 1.54) is 24.3 Å². The number of likely N-dealkylation sites (N-methyl/N-ethyl adjacent to an activating group) is 2. The van der Waals surface area contributed by atoms with E-state index in [9.17, 15) is 0 Å². The van der Waals surface area contributed by atoms with Gasteiger partial charge in [-0.25, -0.2) is 0 Å². The van der Waals surface area contributed by atoms with Crippen molar-refractivity contribution in [1.29, 1.82) is 0 Å². The highest BCUT2D eigenvalue weighted by molar-refractivity contribution is 7.99. The molecule has 0 aromatic rings. The number of hydrogen-bond acceptors (Lipinski definition) is 4. The van der Waals surface area contributed by atoms with E-state index in [4.69, 9.17) is 5.73 Å². The molecule has 1 heterocycles. The lowest BCUT2D eigenvalue weighted by molar-refractivity contribution is 0.125. The van der Waals surface area contributed by atoms with Gasteiger partial charge in [-0.3, -0.25) is 4.90 Å². The van der Waals surface area contributed by atoms with Crippen molar-refractivity contribution in [2.45, 2.75) is 18.4 Å². The summed E-state index contributed by atoms with van der Waals surface area (Å²) in [7, 11) is 6.47. The van der Waals surface area contributed by atoms with Crippen molar-refractivity contribution in [2.24, 2.45) is 5.73 Å². The monoisotopic (exact) mass is 231 g/mol. The molecule has 1 rings (SSSR count). The zero-order chi connectivity index (χ0) is 11.3. The molecule has 4 heteroatoms. The SMILES string of the molecule is CN(C)CCN(C)C1(CN)CCCSC1. The second kappa shape index (κ2) is 6.09. The first-order chi connectivity index (χ1) is 7.10. The summed E-state index contributed by atoms with van der Waals surface area (Å²) in [6.45, 7) is 3.03. The van der Waals surface area contributed by atoms with Gasteiger partial charge in [0.2, 0.25) is 0 Å². The molecule has 1 aliphatic heterocycles. The first-order valence-corrected chi connectivity index (χ1v) is 6.90. The van der Waals surface area contributed by atoms with Crippen molar-refractivity contribution in [1.82, 2.24) is 9.80 Å². The molecule has 1 unspecified atom stereocenters. The van der Waals surface area contributed by atoms with E-state index in [1.807, 2.05) is 0 Å². The van der Waals surface area contributed by atoms with Crippen molar-refractivity contribution in [3.63, 3.8) is 0 Å². The standard InChI is InChI=1S/C11H25N3S/c1-13(2)6-7-14(3)11(9-12)5-4-8-15-10-11/h4-10,12H2,1-3H3. The summed E-state index contributed by atoms with van der Waals surface area (Å²) in [5.74, 6) is 2.51. The van der Waals surface area contributed by atoms with Crippen molar-refractivity contribution >= 4 is 11.8 Å². The zero-order valence-corrected chi connectivity index (χ0v) is 11.1. The Morgan fingerprint density at radius 2 is 2.00 bits per heavy atom. The van der Waals surface area contributed by atoms with Gasteiger partial charge in [0.15, 0.2) is 0 Å². The quantitative estimate of drug-likeness (QED) is 0.755. The minimum atomic E-state index is 0.263. The van der Waals surface area contributed by atoms with Gasteiger partial charge in [-0.15, -0.1) is 0 Å². The van der Waals surface area contributed by atoms with Crippen LogP contribution in [0.3, 0.4) is 0 Å². The molecule has 1 atom stereocenters. The van der Waals surface area contributed by atoms with Crippen LogP contribution in [0.5, 0.6) is 0 Å². The van der Waals surface area contributed by atoms with Gasteiger partial charge in [0.1, 0.15) is 0 Å². The molecule has 0 aliphatic carbocycles. The fourth-order valence-corrected chi connectivity index (χ4v) is 3.40. The third-order valence-electron chi connectivity index (χ3n) is 3.37. The second-order valence-electron chi connectivity index (χ2n) is 4.81. The Morgan fingerprint density at radius 3 is 2.47 bits per heavy atom. The summed E-state index contributed by atoms with van der Waals surface area (Å²) < 4.78 is 0. The van der Waals surface area contributed by atoms with E-state index in [2.05, 4.69) is 42.7 Å². The summed E-state index contributed by atoms with van der Waals surface area (Å²) in [4.78, 5) is 4.70. The Hall–Kier alpha value is 0.230. The summed E-state index contributed by atoms with van der Waals surface area (Å²) in [6.07, 6.45) is 2.58. The van der Waals surface area contributed by atoms with Crippen LogP contribution in [-0.2, 0) is 0 Å². The summed E-state index contributed by atoms with van der Waals surface area (Å²) in [5, 5.41) is 0. The average Bonchev–Trinajstić information content (AvgIpc) is 2.26. The molecule has 90 valence electrons. The van der Waals surface area contributed by atoms with E-state index < -0.39 is 0 Å². The fourth-order valence-electron chi connectivity index (χ4n) is 2.04. The average molecular weight is 231 g/mol. The molecule has 0 spiro atoms. The highest BCUT2D eigenvalue weighted by Crippen LogP contribution is 2.30. The highest BCUT2D eigenvalue weighted by atomic mass is 32.2. The van der Waals surface area contributed by atoms with Crippen LogP contribution in [-0.4, -0.2) is 67.6 Å². The molecule has 0 saturated carbocycles. The molecule has 3 nitrogen and oxygen atoms in total. The number of nitrogens with two attached hydrogens (primary N) is 1. The highest BCUT2D eigenvalue weighted by Gasteiger charge is 2.34. The van der Waals surface area contributed by atoms with Crippen molar-refractivity contribution in [3.05, 3.63) is 0 Å². The Balaban J connectivity index is 2.48. The molecule has 0 radical (unpaired) electrons. The topological polar surface area (TPSA) is 32.5 Å². The second-order valence-corrected chi connectivity index (χ2v) is 5.91. The molecule has 0 aromatic carbocycles. The van der Waals surface area contributed by atoms with Crippen LogP contribution in [0.25, 0.3) is 0 Å².